The van der Waals surface area contributed by atoms with Crippen molar-refractivity contribution in [1.29, 1.82) is 0 Å². The van der Waals surface area contributed by atoms with Crippen molar-refractivity contribution in [3.05, 3.63) is 48.3 Å². The summed E-state index contributed by atoms with van der Waals surface area (Å²) >= 11 is 0. The van der Waals surface area contributed by atoms with Crippen LogP contribution >= 0.6 is 0 Å². The van der Waals surface area contributed by atoms with Gasteiger partial charge in [0.1, 0.15) is 6.04 Å². The minimum absolute atomic E-state index is 0.0625. The predicted molar refractivity (Wildman–Crippen MR) is 119 cm³/mol. The summed E-state index contributed by atoms with van der Waals surface area (Å²) in [6.45, 7) is 2.01. The number of hydrogen-bond acceptors (Lipinski definition) is 5. The van der Waals surface area contributed by atoms with Crippen LogP contribution in [0.1, 0.15) is 50.9 Å². The number of aromatic amines is 1. The highest BCUT2D eigenvalue weighted by molar-refractivity contribution is 5.88. The van der Waals surface area contributed by atoms with Crippen molar-refractivity contribution >= 4 is 17.0 Å². The fourth-order valence-electron chi connectivity index (χ4n) is 4.11. The maximum absolute atomic E-state index is 13.9. The number of carboxylic acid groups (broad SMARTS) is 1. The van der Waals surface area contributed by atoms with Crippen LogP contribution in [0.5, 0.6) is 0 Å². The van der Waals surface area contributed by atoms with E-state index in [2.05, 4.69) is 25.6 Å². The summed E-state index contributed by atoms with van der Waals surface area (Å²) in [6.07, 6.45) is -1.62. The van der Waals surface area contributed by atoms with E-state index in [0.29, 0.717) is 28.9 Å². The molecule has 2 aromatic carbocycles. The highest BCUT2D eigenvalue weighted by Crippen LogP contribution is 2.37. The summed E-state index contributed by atoms with van der Waals surface area (Å²) in [5.41, 5.74) is 2.11. The Hall–Kier alpha value is -3.76. The number of imidazole rings is 1. The number of nitrogens with one attached hydrogen (secondary N) is 1. The molecule has 0 aliphatic heterocycles. The number of nitrogens with zero attached hydrogens (tertiary/aromatic N) is 5. The van der Waals surface area contributed by atoms with Gasteiger partial charge in [-0.1, -0.05) is 62.9 Å². The summed E-state index contributed by atoms with van der Waals surface area (Å²) in [4.78, 5) is 15.8. The molecule has 0 saturated heterocycles. The minimum Gasteiger partial charge on any atom is -0.480 e. The third-order valence-electron chi connectivity index (χ3n) is 5.70. The van der Waals surface area contributed by atoms with Gasteiger partial charge in [-0.3, -0.25) is 0 Å². The highest BCUT2D eigenvalue weighted by Gasteiger charge is 2.40. The highest BCUT2D eigenvalue weighted by atomic mass is 19.4. The third kappa shape index (κ3) is 4.63. The van der Waals surface area contributed by atoms with Gasteiger partial charge in [0.25, 0.3) is 0 Å². The first-order valence-electron chi connectivity index (χ1n) is 11.0. The number of tetrazole rings is 1. The standard InChI is InChI=1S/C23H23F3N6O2/c1-2-3-4-5-10-19(21(33)34)32-18-12-11-14(13-17(18)27-22(32)23(24,25)26)15-8-6-7-9-16(15)20-28-30-31-29-20/h6-9,11-13,19H,2-5,10H2,1H3,(H,33,34)(H,28,29,30,31). The Balaban J connectivity index is 1.82. The lowest BCUT2D eigenvalue weighted by Gasteiger charge is -2.19. The van der Waals surface area contributed by atoms with Gasteiger partial charge in [0.2, 0.25) is 11.6 Å². The van der Waals surface area contributed by atoms with E-state index in [0.717, 1.165) is 23.8 Å². The Labute approximate surface area is 192 Å². The number of aromatic nitrogens is 6. The molecule has 0 radical (unpaired) electrons. The van der Waals surface area contributed by atoms with Gasteiger partial charge in [-0.2, -0.15) is 18.4 Å². The molecule has 0 aliphatic carbocycles. The molecule has 2 N–H and O–H groups in total. The van der Waals surface area contributed by atoms with Gasteiger partial charge in [0.15, 0.2) is 0 Å². The van der Waals surface area contributed by atoms with Crippen LogP contribution in [-0.4, -0.2) is 41.3 Å². The predicted octanol–water partition coefficient (Wildman–Crippen LogP) is 5.50. The van der Waals surface area contributed by atoms with Crippen LogP contribution in [-0.2, 0) is 11.0 Å². The lowest BCUT2D eigenvalue weighted by molar-refractivity contribution is -0.151. The van der Waals surface area contributed by atoms with Crippen LogP contribution in [0.25, 0.3) is 33.5 Å². The average Bonchev–Trinajstić information content (AvgIpc) is 3.47. The number of hydrogen-bond donors (Lipinski definition) is 2. The van der Waals surface area contributed by atoms with Crippen molar-refractivity contribution in [2.24, 2.45) is 0 Å². The Bertz CT molecular complexity index is 1280. The Morgan fingerprint density at radius 3 is 2.53 bits per heavy atom. The number of fused-ring (bicyclic) bond motifs is 1. The molecule has 34 heavy (non-hydrogen) atoms. The fraction of sp³-hybridized carbons (Fsp3) is 0.348. The van der Waals surface area contributed by atoms with E-state index in [1.54, 1.807) is 30.3 Å². The molecule has 0 aliphatic rings. The topological polar surface area (TPSA) is 110 Å². The van der Waals surface area contributed by atoms with Gasteiger partial charge in [-0.05, 0) is 34.9 Å². The number of benzene rings is 2. The Morgan fingerprint density at radius 1 is 1.12 bits per heavy atom. The third-order valence-corrected chi connectivity index (χ3v) is 5.70. The molecule has 0 fully saturated rings. The van der Waals surface area contributed by atoms with E-state index in [4.69, 9.17) is 0 Å². The monoisotopic (exact) mass is 472 g/mol. The number of aliphatic carboxylic acids is 1. The zero-order valence-electron chi connectivity index (χ0n) is 18.4. The summed E-state index contributed by atoms with van der Waals surface area (Å²) in [7, 11) is 0. The SMILES string of the molecule is CCCCCCC(C(=O)O)n1c(C(F)(F)F)nc2cc(-c3ccccc3-c3nn[nH]n3)ccc21. The number of rotatable bonds is 9. The Kier molecular flexibility index (Phi) is 6.62. The largest absolute Gasteiger partial charge is 0.480 e. The summed E-state index contributed by atoms with van der Waals surface area (Å²) < 4.78 is 42.6. The van der Waals surface area contributed by atoms with Crippen LogP contribution in [0.4, 0.5) is 13.2 Å². The molecular formula is C23H23F3N6O2. The molecule has 0 bridgehead atoms. The second-order valence-electron chi connectivity index (χ2n) is 7.99. The lowest BCUT2D eigenvalue weighted by atomic mass is 9.99. The molecule has 178 valence electrons. The van der Waals surface area contributed by atoms with Gasteiger partial charge in [0.05, 0.1) is 11.0 Å². The van der Waals surface area contributed by atoms with Crippen molar-refractivity contribution in [3.63, 3.8) is 0 Å². The van der Waals surface area contributed by atoms with Crippen LogP contribution in [0.3, 0.4) is 0 Å². The zero-order chi connectivity index (χ0) is 24.3. The first kappa shape index (κ1) is 23.4. The average molecular weight is 472 g/mol. The molecule has 4 rings (SSSR count). The van der Waals surface area contributed by atoms with Crippen molar-refractivity contribution in [2.75, 3.05) is 0 Å². The van der Waals surface area contributed by atoms with E-state index in [1.165, 1.54) is 12.1 Å². The zero-order valence-corrected chi connectivity index (χ0v) is 18.4. The maximum atomic E-state index is 13.9. The van der Waals surface area contributed by atoms with Crippen molar-refractivity contribution in [1.82, 2.24) is 30.2 Å². The summed E-state index contributed by atoms with van der Waals surface area (Å²) in [5, 5.41) is 23.7. The summed E-state index contributed by atoms with van der Waals surface area (Å²) in [6, 6.07) is 10.5. The van der Waals surface area contributed by atoms with Crippen LogP contribution in [0.15, 0.2) is 42.5 Å². The van der Waals surface area contributed by atoms with Gasteiger partial charge >= 0.3 is 12.1 Å². The molecule has 11 heteroatoms. The molecule has 4 aromatic rings. The second kappa shape index (κ2) is 9.62. The summed E-state index contributed by atoms with van der Waals surface area (Å²) in [5.74, 6) is -2.18. The number of alkyl halides is 3. The number of carbonyl (C=O) groups is 1. The smallest absolute Gasteiger partial charge is 0.449 e. The van der Waals surface area contributed by atoms with Gasteiger partial charge in [0, 0.05) is 5.56 Å². The lowest BCUT2D eigenvalue weighted by Crippen LogP contribution is -2.25. The molecule has 2 aromatic heterocycles. The van der Waals surface area contributed by atoms with Crippen LogP contribution < -0.4 is 0 Å². The number of halogens is 3. The molecule has 0 spiro atoms. The van der Waals surface area contributed by atoms with Gasteiger partial charge in [-0.25, -0.2) is 9.78 Å². The minimum atomic E-state index is -4.81. The van der Waals surface area contributed by atoms with Crippen molar-refractivity contribution in [2.45, 2.75) is 51.2 Å². The molecular weight excluding hydrogens is 449 g/mol. The van der Waals surface area contributed by atoms with E-state index < -0.39 is 24.0 Å². The van der Waals surface area contributed by atoms with Crippen LogP contribution in [0, 0.1) is 0 Å². The Morgan fingerprint density at radius 2 is 1.88 bits per heavy atom. The van der Waals surface area contributed by atoms with E-state index in [1.807, 2.05) is 6.92 Å². The molecule has 0 saturated carbocycles. The van der Waals surface area contributed by atoms with Crippen molar-refractivity contribution in [3.8, 4) is 22.5 Å². The second-order valence-corrected chi connectivity index (χ2v) is 7.99. The first-order valence-corrected chi connectivity index (χ1v) is 11.0. The first-order chi connectivity index (χ1) is 16.3. The number of unbranched alkanes of at least 4 members (excludes halogenated alkanes) is 3. The quantitative estimate of drug-likeness (QED) is 0.311. The number of carboxylic acids is 1. The normalized spacial score (nSPS) is 12.8. The van der Waals surface area contributed by atoms with Crippen LogP contribution in [0.2, 0.25) is 0 Å². The maximum Gasteiger partial charge on any atom is 0.449 e. The number of H-pyrrole nitrogens is 1. The molecule has 1 atom stereocenters. The van der Waals surface area contributed by atoms with E-state index in [9.17, 15) is 23.1 Å². The molecule has 8 nitrogen and oxygen atoms in total. The van der Waals surface area contributed by atoms with Crippen molar-refractivity contribution < 1.29 is 23.1 Å². The molecule has 2 heterocycles. The van der Waals surface area contributed by atoms with E-state index in [-0.39, 0.29) is 17.5 Å². The molecule has 0 amide bonds. The fourth-order valence-corrected chi connectivity index (χ4v) is 4.11. The van der Waals surface area contributed by atoms with Gasteiger partial charge in [-0.15, -0.1) is 10.2 Å². The van der Waals surface area contributed by atoms with Gasteiger partial charge < -0.3 is 9.67 Å². The van der Waals surface area contributed by atoms with E-state index >= 15 is 0 Å². The molecule has 1 unspecified atom stereocenters.